The molecule has 0 spiro atoms. The zero-order valence-electron chi connectivity index (χ0n) is 18.5. The van der Waals surface area contributed by atoms with Crippen LogP contribution in [0.1, 0.15) is 47.8 Å². The van der Waals surface area contributed by atoms with E-state index in [-0.39, 0.29) is 23.4 Å². The first-order valence-electron chi connectivity index (χ1n) is 11.3. The number of amides is 4. The van der Waals surface area contributed by atoms with Gasteiger partial charge in [0.2, 0.25) is 0 Å². The van der Waals surface area contributed by atoms with Crippen LogP contribution in [0, 0.1) is 11.7 Å². The second-order valence-electron chi connectivity index (χ2n) is 8.63. The number of hydrogen-bond donors (Lipinski definition) is 1. The Morgan fingerprint density at radius 2 is 2.03 bits per heavy atom. The summed E-state index contributed by atoms with van der Waals surface area (Å²) in [7, 11) is 0. The SMILES string of the molecule is CCC[C@]1(C2CCN(C(=O)c3cc(Cl)ccc3F)CC2)NC(=O)N(CCc2cccs2)C1=O. The van der Waals surface area contributed by atoms with Crippen molar-refractivity contribution < 1.29 is 18.8 Å². The number of nitrogens with one attached hydrogen (secondary N) is 1. The number of thiophene rings is 1. The first-order valence-corrected chi connectivity index (χ1v) is 12.5. The molecule has 4 amide bonds. The van der Waals surface area contributed by atoms with Crippen molar-refractivity contribution >= 4 is 40.8 Å². The Bertz CT molecular complexity index is 1040. The largest absolute Gasteiger partial charge is 0.339 e. The Morgan fingerprint density at radius 3 is 2.70 bits per heavy atom. The number of imide groups is 1. The van der Waals surface area contributed by atoms with Crippen LogP contribution >= 0.6 is 22.9 Å². The van der Waals surface area contributed by atoms with Crippen molar-refractivity contribution in [3.63, 3.8) is 0 Å². The first kappa shape index (κ1) is 23.7. The number of likely N-dealkylation sites (tertiary alicyclic amines) is 1. The molecule has 176 valence electrons. The zero-order valence-corrected chi connectivity index (χ0v) is 20.1. The molecule has 0 saturated carbocycles. The van der Waals surface area contributed by atoms with E-state index in [4.69, 9.17) is 11.6 Å². The van der Waals surface area contributed by atoms with Crippen LogP contribution in [-0.2, 0) is 11.2 Å². The van der Waals surface area contributed by atoms with Crippen LogP contribution in [0.5, 0.6) is 0 Å². The van der Waals surface area contributed by atoms with Gasteiger partial charge in [-0.05, 0) is 61.2 Å². The fourth-order valence-corrected chi connectivity index (χ4v) is 5.85. The molecule has 2 aromatic rings. The maximum Gasteiger partial charge on any atom is 0.325 e. The van der Waals surface area contributed by atoms with E-state index in [1.165, 1.54) is 23.1 Å². The number of carbonyl (C=O) groups excluding carboxylic acids is 3. The molecule has 0 aliphatic carbocycles. The number of piperidine rings is 1. The third-order valence-corrected chi connectivity index (χ3v) is 7.82. The van der Waals surface area contributed by atoms with Crippen molar-refractivity contribution in [1.82, 2.24) is 15.1 Å². The molecule has 0 unspecified atom stereocenters. The minimum Gasteiger partial charge on any atom is -0.339 e. The minimum atomic E-state index is -0.947. The van der Waals surface area contributed by atoms with E-state index in [1.807, 2.05) is 24.4 Å². The van der Waals surface area contributed by atoms with Crippen molar-refractivity contribution in [2.75, 3.05) is 19.6 Å². The highest BCUT2D eigenvalue weighted by Gasteiger charge is 2.55. The quantitative estimate of drug-likeness (QED) is 0.569. The van der Waals surface area contributed by atoms with Crippen LogP contribution in [-0.4, -0.2) is 52.8 Å². The van der Waals surface area contributed by atoms with Crippen LogP contribution in [0.2, 0.25) is 5.02 Å². The van der Waals surface area contributed by atoms with Gasteiger partial charge < -0.3 is 10.2 Å². The summed E-state index contributed by atoms with van der Waals surface area (Å²) < 4.78 is 14.2. The van der Waals surface area contributed by atoms with Gasteiger partial charge in [-0.15, -0.1) is 11.3 Å². The molecule has 1 aromatic heterocycles. The van der Waals surface area contributed by atoms with Gasteiger partial charge in [-0.25, -0.2) is 9.18 Å². The summed E-state index contributed by atoms with van der Waals surface area (Å²) in [5.74, 6) is -1.27. The Balaban J connectivity index is 1.45. The van der Waals surface area contributed by atoms with Gasteiger partial charge in [0, 0.05) is 29.5 Å². The van der Waals surface area contributed by atoms with Gasteiger partial charge in [-0.2, -0.15) is 0 Å². The van der Waals surface area contributed by atoms with Gasteiger partial charge in [0.05, 0.1) is 5.56 Å². The van der Waals surface area contributed by atoms with Crippen molar-refractivity contribution in [3.8, 4) is 0 Å². The molecule has 0 bridgehead atoms. The van der Waals surface area contributed by atoms with E-state index < -0.39 is 17.3 Å². The highest BCUT2D eigenvalue weighted by Crippen LogP contribution is 2.37. The molecule has 1 N–H and O–H groups in total. The number of halogens is 2. The molecule has 1 atom stereocenters. The molecule has 33 heavy (non-hydrogen) atoms. The highest BCUT2D eigenvalue weighted by molar-refractivity contribution is 7.09. The average Bonchev–Trinajstić information content (AvgIpc) is 3.41. The van der Waals surface area contributed by atoms with Crippen molar-refractivity contribution in [2.45, 2.75) is 44.6 Å². The maximum atomic E-state index is 14.2. The lowest BCUT2D eigenvalue weighted by Gasteiger charge is -2.41. The second-order valence-corrected chi connectivity index (χ2v) is 10.1. The molecule has 2 aliphatic rings. The normalized spacial score (nSPS) is 21.5. The Labute approximate surface area is 201 Å². The molecular formula is C24H27ClFN3O3S. The molecule has 2 aliphatic heterocycles. The van der Waals surface area contributed by atoms with E-state index >= 15 is 0 Å². The molecule has 3 heterocycles. The molecule has 6 nitrogen and oxygen atoms in total. The van der Waals surface area contributed by atoms with Crippen LogP contribution in [0.3, 0.4) is 0 Å². The molecular weight excluding hydrogens is 465 g/mol. The lowest BCUT2D eigenvalue weighted by molar-refractivity contribution is -0.134. The predicted molar refractivity (Wildman–Crippen MR) is 126 cm³/mol. The lowest BCUT2D eigenvalue weighted by atomic mass is 9.74. The topological polar surface area (TPSA) is 69.7 Å². The van der Waals surface area contributed by atoms with E-state index in [2.05, 4.69) is 5.32 Å². The van der Waals surface area contributed by atoms with E-state index in [9.17, 15) is 18.8 Å². The van der Waals surface area contributed by atoms with Crippen molar-refractivity contribution in [2.24, 2.45) is 5.92 Å². The molecule has 4 rings (SSSR count). The third kappa shape index (κ3) is 4.64. The van der Waals surface area contributed by atoms with Crippen LogP contribution in [0.15, 0.2) is 35.7 Å². The van der Waals surface area contributed by atoms with E-state index in [1.54, 1.807) is 16.2 Å². The highest BCUT2D eigenvalue weighted by atomic mass is 35.5. The summed E-state index contributed by atoms with van der Waals surface area (Å²) in [6.45, 7) is 3.12. The van der Waals surface area contributed by atoms with Crippen molar-refractivity contribution in [1.29, 1.82) is 0 Å². The molecule has 0 radical (unpaired) electrons. The third-order valence-electron chi connectivity index (χ3n) is 6.65. The predicted octanol–water partition coefficient (Wildman–Crippen LogP) is 4.73. The minimum absolute atomic E-state index is 0.0470. The Morgan fingerprint density at radius 1 is 1.27 bits per heavy atom. The number of carbonyl (C=O) groups is 3. The van der Waals surface area contributed by atoms with Crippen LogP contribution < -0.4 is 5.32 Å². The van der Waals surface area contributed by atoms with Gasteiger partial charge in [-0.3, -0.25) is 14.5 Å². The van der Waals surface area contributed by atoms with Crippen molar-refractivity contribution in [3.05, 3.63) is 57.0 Å². The Hall–Kier alpha value is -2.45. The summed E-state index contributed by atoms with van der Waals surface area (Å²) in [6.07, 6.45) is 3.04. The summed E-state index contributed by atoms with van der Waals surface area (Å²) in [6, 6.07) is 7.55. The smallest absolute Gasteiger partial charge is 0.325 e. The van der Waals surface area contributed by atoms with Crippen LogP contribution in [0.4, 0.5) is 9.18 Å². The number of hydrogen-bond acceptors (Lipinski definition) is 4. The summed E-state index contributed by atoms with van der Waals surface area (Å²) >= 11 is 7.55. The van der Waals surface area contributed by atoms with Gasteiger partial charge in [-0.1, -0.05) is 31.0 Å². The summed E-state index contributed by atoms with van der Waals surface area (Å²) in [5, 5.41) is 5.30. The molecule has 9 heteroatoms. The fourth-order valence-electron chi connectivity index (χ4n) is 4.98. The number of rotatable bonds is 7. The Kier molecular flexibility index (Phi) is 7.05. The summed E-state index contributed by atoms with van der Waals surface area (Å²) in [4.78, 5) is 43.2. The second kappa shape index (κ2) is 9.81. The molecule has 2 saturated heterocycles. The van der Waals surface area contributed by atoms with E-state index in [0.717, 1.165) is 11.3 Å². The van der Waals surface area contributed by atoms with Gasteiger partial charge in [0.25, 0.3) is 11.8 Å². The summed E-state index contributed by atoms with van der Waals surface area (Å²) in [5.41, 5.74) is -0.994. The lowest BCUT2D eigenvalue weighted by Crippen LogP contribution is -2.56. The van der Waals surface area contributed by atoms with Gasteiger partial charge in [0.15, 0.2) is 0 Å². The number of benzene rings is 1. The molecule has 1 aromatic carbocycles. The number of urea groups is 1. The monoisotopic (exact) mass is 491 g/mol. The van der Waals surface area contributed by atoms with E-state index in [0.29, 0.717) is 50.3 Å². The van der Waals surface area contributed by atoms with Gasteiger partial charge in [0.1, 0.15) is 11.4 Å². The standard InChI is InChI=1S/C24H27ClFN3O3S/c1-2-10-24(22(31)29(23(32)27-24)13-9-18-4-3-14-33-18)16-7-11-28(12-8-16)21(30)19-15-17(25)5-6-20(19)26/h3-6,14-16H,2,7-13H2,1H3,(H,27,32)/t24-/m1/s1. The number of nitrogens with zero attached hydrogens (tertiary/aromatic N) is 2. The van der Waals surface area contributed by atoms with Crippen LogP contribution in [0.25, 0.3) is 0 Å². The average molecular weight is 492 g/mol. The molecule has 2 fully saturated rings. The first-order chi connectivity index (χ1) is 15.9. The maximum absolute atomic E-state index is 14.2. The fraction of sp³-hybridized carbons (Fsp3) is 0.458. The van der Waals surface area contributed by atoms with Gasteiger partial charge >= 0.3 is 6.03 Å². The zero-order chi connectivity index (χ0) is 23.6.